The van der Waals surface area contributed by atoms with E-state index in [1.165, 1.54) is 11.1 Å². The molecule has 1 saturated heterocycles. The standard InChI is InChI=1S/C21H33ClN2OS/c1-15(2)14-24-11-9-21(10-12-24)13-17-16(7-6-8-18(17)22)19(21)23-26(25)20(3,4)5/h6-8,15,19,23H,9-14H2,1-5H3/t19-,26?/m1/s1. The molecule has 1 aromatic carbocycles. The molecule has 26 heavy (non-hydrogen) atoms. The lowest BCUT2D eigenvalue weighted by molar-refractivity contribution is 0.0773. The first-order chi connectivity index (χ1) is 12.1. The molecule has 3 nitrogen and oxygen atoms in total. The molecule has 1 aromatic rings. The molecule has 1 aliphatic heterocycles. The van der Waals surface area contributed by atoms with Gasteiger partial charge in [-0.15, -0.1) is 4.72 Å². The van der Waals surface area contributed by atoms with Crippen LogP contribution < -0.4 is 4.72 Å². The van der Waals surface area contributed by atoms with Gasteiger partial charge in [0.15, 0.2) is 0 Å². The van der Waals surface area contributed by atoms with Gasteiger partial charge in [-0.1, -0.05) is 37.6 Å². The number of hydrogen-bond acceptors (Lipinski definition) is 3. The summed E-state index contributed by atoms with van der Waals surface area (Å²) in [5, 5.41) is 0.859. The lowest BCUT2D eigenvalue weighted by Gasteiger charge is -2.44. The van der Waals surface area contributed by atoms with Gasteiger partial charge < -0.3 is 9.45 Å². The summed E-state index contributed by atoms with van der Waals surface area (Å²) in [5.41, 5.74) is 2.64. The molecule has 1 unspecified atom stereocenters. The minimum absolute atomic E-state index is 0.123. The predicted octanol–water partition coefficient (Wildman–Crippen LogP) is 4.73. The summed E-state index contributed by atoms with van der Waals surface area (Å²) in [6.45, 7) is 14.1. The van der Waals surface area contributed by atoms with E-state index in [9.17, 15) is 4.55 Å². The predicted molar refractivity (Wildman–Crippen MR) is 112 cm³/mol. The van der Waals surface area contributed by atoms with Crippen molar-refractivity contribution in [3.05, 3.63) is 34.3 Å². The van der Waals surface area contributed by atoms with Gasteiger partial charge in [0.25, 0.3) is 0 Å². The normalized spacial score (nSPS) is 24.2. The third-order valence-electron chi connectivity index (χ3n) is 5.86. The third kappa shape index (κ3) is 4.10. The van der Waals surface area contributed by atoms with Crippen LogP contribution in [0.15, 0.2) is 18.2 Å². The van der Waals surface area contributed by atoms with E-state index in [0.717, 1.165) is 43.9 Å². The molecule has 2 atom stereocenters. The summed E-state index contributed by atoms with van der Waals surface area (Å²) < 4.78 is 16.1. The summed E-state index contributed by atoms with van der Waals surface area (Å²) >= 11 is 5.45. The molecule has 1 aliphatic carbocycles. The molecule has 1 N–H and O–H groups in total. The summed E-state index contributed by atoms with van der Waals surface area (Å²) in [4.78, 5) is 2.58. The highest BCUT2D eigenvalue weighted by molar-refractivity contribution is 7.90. The Morgan fingerprint density at radius 1 is 1.31 bits per heavy atom. The van der Waals surface area contributed by atoms with Crippen LogP contribution in [-0.4, -0.2) is 33.8 Å². The Hall–Kier alpha value is -0.260. The van der Waals surface area contributed by atoms with Crippen molar-refractivity contribution in [1.82, 2.24) is 9.62 Å². The van der Waals surface area contributed by atoms with Crippen molar-refractivity contribution in [2.24, 2.45) is 11.3 Å². The summed E-state index contributed by atoms with van der Waals surface area (Å²) in [5.74, 6) is 0.696. The van der Waals surface area contributed by atoms with Crippen molar-refractivity contribution < 1.29 is 4.55 Å². The van der Waals surface area contributed by atoms with E-state index in [2.05, 4.69) is 29.5 Å². The molecule has 1 heterocycles. The number of likely N-dealkylation sites (tertiary alicyclic amines) is 1. The molecular formula is C21H33ClN2OS. The fourth-order valence-electron chi connectivity index (χ4n) is 4.45. The number of fused-ring (bicyclic) bond motifs is 1. The second-order valence-corrected chi connectivity index (χ2v) is 11.9. The number of hydrogen-bond donors (Lipinski definition) is 1. The first-order valence-electron chi connectivity index (χ1n) is 9.80. The Balaban J connectivity index is 1.86. The van der Waals surface area contributed by atoms with Gasteiger partial charge in [-0.2, -0.15) is 0 Å². The van der Waals surface area contributed by atoms with E-state index < -0.39 is 11.4 Å². The van der Waals surface area contributed by atoms with Crippen molar-refractivity contribution in [3.8, 4) is 0 Å². The summed E-state index contributed by atoms with van der Waals surface area (Å²) in [6.07, 6.45) is 3.25. The van der Waals surface area contributed by atoms with Crippen LogP contribution in [0.4, 0.5) is 0 Å². The Morgan fingerprint density at radius 3 is 2.54 bits per heavy atom. The minimum atomic E-state index is -1.09. The topological polar surface area (TPSA) is 38.3 Å². The first-order valence-corrected chi connectivity index (χ1v) is 11.3. The van der Waals surface area contributed by atoms with Crippen LogP contribution >= 0.6 is 11.6 Å². The van der Waals surface area contributed by atoms with E-state index in [1.54, 1.807) is 0 Å². The SMILES string of the molecule is CC(C)CN1CCC2(CC1)Cc1c(Cl)cccc1[C@H]2N[S+]([O-])C(C)(C)C. The largest absolute Gasteiger partial charge is 0.598 e. The van der Waals surface area contributed by atoms with Crippen LogP contribution in [0.5, 0.6) is 0 Å². The maximum atomic E-state index is 12.9. The van der Waals surface area contributed by atoms with Gasteiger partial charge in [0, 0.05) is 28.3 Å². The Bertz CT molecular complexity index is 635. The molecule has 0 saturated carbocycles. The van der Waals surface area contributed by atoms with Crippen molar-refractivity contribution in [3.63, 3.8) is 0 Å². The highest BCUT2D eigenvalue weighted by atomic mass is 35.5. The molecule has 5 heteroatoms. The second-order valence-electron chi connectivity index (χ2n) is 9.47. The van der Waals surface area contributed by atoms with Crippen LogP contribution in [0.25, 0.3) is 0 Å². The van der Waals surface area contributed by atoms with Crippen LogP contribution in [0.2, 0.25) is 5.02 Å². The number of benzene rings is 1. The molecule has 0 bridgehead atoms. The Labute approximate surface area is 167 Å². The van der Waals surface area contributed by atoms with Crippen molar-refractivity contribution in [2.75, 3.05) is 19.6 Å². The monoisotopic (exact) mass is 396 g/mol. The highest BCUT2D eigenvalue weighted by Crippen LogP contribution is 2.54. The zero-order chi connectivity index (χ0) is 19.1. The molecule has 1 fully saturated rings. The van der Waals surface area contributed by atoms with Crippen LogP contribution in [0, 0.1) is 11.3 Å². The lowest BCUT2D eigenvalue weighted by Crippen LogP contribution is -2.50. The maximum absolute atomic E-state index is 12.9. The second kappa shape index (κ2) is 7.63. The Morgan fingerprint density at radius 2 is 1.96 bits per heavy atom. The van der Waals surface area contributed by atoms with Gasteiger partial charge in [0.05, 0.1) is 6.04 Å². The average molecular weight is 397 g/mol. The zero-order valence-electron chi connectivity index (χ0n) is 16.8. The highest BCUT2D eigenvalue weighted by Gasteiger charge is 2.50. The van der Waals surface area contributed by atoms with Crippen LogP contribution in [0.1, 0.15) is 64.6 Å². The summed E-state index contributed by atoms with van der Waals surface area (Å²) in [6, 6.07) is 6.32. The quantitative estimate of drug-likeness (QED) is 0.748. The van der Waals surface area contributed by atoms with E-state index in [0.29, 0.717) is 5.92 Å². The molecule has 146 valence electrons. The fourth-order valence-corrected chi connectivity index (χ4v) is 5.64. The molecule has 3 rings (SSSR count). The third-order valence-corrected chi connectivity index (χ3v) is 7.78. The van der Waals surface area contributed by atoms with E-state index in [-0.39, 0.29) is 16.2 Å². The van der Waals surface area contributed by atoms with Crippen LogP contribution in [0.3, 0.4) is 0 Å². The first kappa shape index (κ1) is 20.5. The molecule has 2 aliphatic rings. The van der Waals surface area contributed by atoms with Crippen LogP contribution in [-0.2, 0) is 17.8 Å². The number of piperidine rings is 1. The Kier molecular flexibility index (Phi) is 6.01. The van der Waals surface area contributed by atoms with E-state index in [1.807, 2.05) is 32.9 Å². The van der Waals surface area contributed by atoms with E-state index in [4.69, 9.17) is 11.6 Å². The van der Waals surface area contributed by atoms with E-state index >= 15 is 0 Å². The van der Waals surface area contributed by atoms with Gasteiger partial charge in [-0.25, -0.2) is 0 Å². The van der Waals surface area contributed by atoms with Crippen molar-refractivity contribution in [1.29, 1.82) is 0 Å². The molecular weight excluding hydrogens is 364 g/mol. The average Bonchev–Trinajstić information content (AvgIpc) is 2.84. The fraction of sp³-hybridized carbons (Fsp3) is 0.714. The molecule has 0 aromatic heterocycles. The smallest absolute Gasteiger partial charge is 0.136 e. The summed E-state index contributed by atoms with van der Waals surface area (Å²) in [7, 11) is 0. The zero-order valence-corrected chi connectivity index (χ0v) is 18.3. The van der Waals surface area contributed by atoms with Crippen molar-refractivity contribution in [2.45, 2.75) is 64.7 Å². The number of nitrogens with zero attached hydrogens (tertiary/aromatic N) is 1. The molecule has 0 radical (unpaired) electrons. The number of halogens is 1. The molecule has 1 spiro atoms. The van der Waals surface area contributed by atoms with Gasteiger partial charge in [-0.3, -0.25) is 0 Å². The van der Waals surface area contributed by atoms with Gasteiger partial charge in [0.1, 0.15) is 4.75 Å². The number of rotatable bonds is 4. The van der Waals surface area contributed by atoms with Gasteiger partial charge in [0.2, 0.25) is 0 Å². The van der Waals surface area contributed by atoms with Gasteiger partial charge >= 0.3 is 0 Å². The van der Waals surface area contributed by atoms with Crippen molar-refractivity contribution >= 4 is 23.0 Å². The minimum Gasteiger partial charge on any atom is -0.598 e. The van der Waals surface area contributed by atoms with Gasteiger partial charge in [-0.05, 0) is 76.2 Å². The number of nitrogens with one attached hydrogen (secondary N) is 1. The lowest BCUT2D eigenvalue weighted by atomic mass is 9.73. The molecule has 0 amide bonds. The maximum Gasteiger partial charge on any atom is 0.136 e.